The van der Waals surface area contributed by atoms with Gasteiger partial charge in [-0.1, -0.05) is 38.0 Å². The van der Waals surface area contributed by atoms with Crippen molar-refractivity contribution in [2.75, 3.05) is 5.32 Å². The van der Waals surface area contributed by atoms with E-state index in [2.05, 4.69) is 24.4 Å². The van der Waals surface area contributed by atoms with Gasteiger partial charge in [0, 0.05) is 17.8 Å². The fraction of sp³-hybridized carbons (Fsp3) is 0.333. The summed E-state index contributed by atoms with van der Waals surface area (Å²) in [6.45, 7) is 2.34. The predicted molar refractivity (Wildman–Crippen MR) is 83.4 cm³/mol. The summed E-state index contributed by atoms with van der Waals surface area (Å²) in [6.07, 6.45) is 4.74. The van der Waals surface area contributed by atoms with E-state index in [1.165, 1.54) is 43.0 Å². The zero-order chi connectivity index (χ0) is 15.1. The highest BCUT2D eigenvalue weighted by Gasteiger charge is 2.07. The molecular weight excluding hydrogens is 268 g/mol. The summed E-state index contributed by atoms with van der Waals surface area (Å²) in [5, 5.41) is 3.06. The molecule has 0 bridgehead atoms. The van der Waals surface area contributed by atoms with Gasteiger partial charge in [0.15, 0.2) is 0 Å². The Hall–Kier alpha value is -1.90. The Morgan fingerprint density at radius 2 is 1.57 bits per heavy atom. The summed E-state index contributed by atoms with van der Waals surface area (Å²) in [7, 11) is 0. The molecule has 0 saturated heterocycles. The number of benzene rings is 2. The van der Waals surface area contributed by atoms with Gasteiger partial charge < -0.3 is 5.32 Å². The zero-order valence-corrected chi connectivity index (χ0v) is 12.3. The molecule has 0 atom stereocenters. The minimum absolute atomic E-state index is 0.0736. The van der Waals surface area contributed by atoms with Crippen LogP contribution >= 0.6 is 0 Å². The van der Waals surface area contributed by atoms with Crippen molar-refractivity contribution >= 4 is 5.69 Å². The van der Waals surface area contributed by atoms with E-state index in [-0.39, 0.29) is 12.1 Å². The van der Waals surface area contributed by atoms with Crippen molar-refractivity contribution in [3.63, 3.8) is 0 Å². The Labute approximate surface area is 125 Å². The highest BCUT2D eigenvalue weighted by molar-refractivity contribution is 5.45. The van der Waals surface area contributed by atoms with Gasteiger partial charge in [-0.25, -0.2) is 8.78 Å². The van der Waals surface area contributed by atoms with E-state index >= 15 is 0 Å². The van der Waals surface area contributed by atoms with Crippen LogP contribution in [0.2, 0.25) is 0 Å². The van der Waals surface area contributed by atoms with Gasteiger partial charge in [0.1, 0.15) is 11.6 Å². The lowest BCUT2D eigenvalue weighted by Crippen LogP contribution is -2.04. The normalized spacial score (nSPS) is 10.6. The lowest BCUT2D eigenvalue weighted by atomic mass is 10.1. The quantitative estimate of drug-likeness (QED) is 0.681. The lowest BCUT2D eigenvalue weighted by molar-refractivity contribution is 0.560. The molecular formula is C18H21F2N. The van der Waals surface area contributed by atoms with E-state index in [4.69, 9.17) is 0 Å². The van der Waals surface area contributed by atoms with E-state index < -0.39 is 11.6 Å². The van der Waals surface area contributed by atoms with Crippen molar-refractivity contribution in [1.82, 2.24) is 0 Å². The third-order valence-electron chi connectivity index (χ3n) is 3.55. The smallest absolute Gasteiger partial charge is 0.131 e. The maximum atomic E-state index is 13.5. The predicted octanol–water partition coefficient (Wildman–Crippen LogP) is 5.31. The zero-order valence-electron chi connectivity index (χ0n) is 12.3. The Bertz CT molecular complexity index is 544. The average Bonchev–Trinajstić information content (AvgIpc) is 2.48. The van der Waals surface area contributed by atoms with Gasteiger partial charge in [0.05, 0.1) is 0 Å². The van der Waals surface area contributed by atoms with Gasteiger partial charge in [0.25, 0.3) is 0 Å². The Morgan fingerprint density at radius 1 is 0.905 bits per heavy atom. The van der Waals surface area contributed by atoms with Gasteiger partial charge in [-0.3, -0.25) is 0 Å². The molecule has 112 valence electrons. The van der Waals surface area contributed by atoms with E-state index in [1.54, 1.807) is 0 Å². The third-order valence-corrected chi connectivity index (χ3v) is 3.55. The SMILES string of the molecule is CCCCCc1ccc(NCc2c(F)cccc2F)cc1. The minimum Gasteiger partial charge on any atom is -0.381 e. The van der Waals surface area contributed by atoms with Crippen LogP contribution in [0.5, 0.6) is 0 Å². The molecule has 0 unspecified atom stereocenters. The monoisotopic (exact) mass is 289 g/mol. The van der Waals surface area contributed by atoms with E-state index in [0.29, 0.717) is 0 Å². The van der Waals surface area contributed by atoms with Crippen molar-refractivity contribution in [3.05, 3.63) is 65.2 Å². The van der Waals surface area contributed by atoms with Crippen LogP contribution in [0, 0.1) is 11.6 Å². The van der Waals surface area contributed by atoms with Crippen molar-refractivity contribution in [3.8, 4) is 0 Å². The fourth-order valence-corrected chi connectivity index (χ4v) is 2.26. The number of nitrogens with one attached hydrogen (secondary N) is 1. The van der Waals surface area contributed by atoms with Crippen molar-refractivity contribution in [2.24, 2.45) is 0 Å². The third kappa shape index (κ3) is 4.55. The average molecular weight is 289 g/mol. The van der Waals surface area contributed by atoms with Gasteiger partial charge >= 0.3 is 0 Å². The molecule has 0 aromatic heterocycles. The van der Waals surface area contributed by atoms with Crippen LogP contribution in [-0.4, -0.2) is 0 Å². The molecule has 0 saturated carbocycles. The number of hydrogen-bond acceptors (Lipinski definition) is 1. The highest BCUT2D eigenvalue weighted by Crippen LogP contribution is 2.16. The second kappa shape index (κ2) is 7.77. The van der Waals surface area contributed by atoms with Crippen molar-refractivity contribution in [1.29, 1.82) is 0 Å². The van der Waals surface area contributed by atoms with Crippen LogP contribution in [-0.2, 0) is 13.0 Å². The molecule has 2 aromatic rings. The topological polar surface area (TPSA) is 12.0 Å². The van der Waals surface area contributed by atoms with Gasteiger partial charge in [-0.15, -0.1) is 0 Å². The summed E-state index contributed by atoms with van der Waals surface area (Å²) in [4.78, 5) is 0. The van der Waals surface area contributed by atoms with Gasteiger partial charge in [0.2, 0.25) is 0 Å². The molecule has 0 aliphatic heterocycles. The Morgan fingerprint density at radius 3 is 2.19 bits per heavy atom. The summed E-state index contributed by atoms with van der Waals surface area (Å²) < 4.78 is 27.0. The Kier molecular flexibility index (Phi) is 5.73. The molecule has 1 nitrogen and oxygen atoms in total. The van der Waals surface area contributed by atoms with Gasteiger partial charge in [-0.2, -0.15) is 0 Å². The number of anilines is 1. The summed E-state index contributed by atoms with van der Waals surface area (Å²) in [6, 6.07) is 12.0. The molecule has 0 aliphatic rings. The standard InChI is InChI=1S/C18H21F2N/c1-2-3-4-6-14-9-11-15(12-10-14)21-13-16-17(19)7-5-8-18(16)20/h5,7-12,21H,2-4,6,13H2,1H3. The first-order chi connectivity index (χ1) is 10.2. The molecule has 2 aromatic carbocycles. The number of hydrogen-bond donors (Lipinski definition) is 1. The summed E-state index contributed by atoms with van der Waals surface area (Å²) in [5.74, 6) is -1.03. The molecule has 0 spiro atoms. The Balaban J connectivity index is 1.92. The van der Waals surface area contributed by atoms with Crippen LogP contribution in [0.3, 0.4) is 0 Å². The van der Waals surface area contributed by atoms with Crippen LogP contribution in [0.15, 0.2) is 42.5 Å². The molecule has 0 amide bonds. The van der Waals surface area contributed by atoms with Crippen LogP contribution in [0.4, 0.5) is 14.5 Å². The first-order valence-electron chi connectivity index (χ1n) is 7.46. The molecule has 21 heavy (non-hydrogen) atoms. The number of halogens is 2. The second-order valence-electron chi connectivity index (χ2n) is 5.21. The molecule has 2 rings (SSSR count). The largest absolute Gasteiger partial charge is 0.381 e. The van der Waals surface area contributed by atoms with Crippen molar-refractivity contribution < 1.29 is 8.78 Å². The lowest BCUT2D eigenvalue weighted by Gasteiger charge is -2.09. The molecule has 3 heteroatoms. The van der Waals surface area contributed by atoms with Crippen molar-refractivity contribution in [2.45, 2.75) is 39.2 Å². The number of aryl methyl sites for hydroxylation is 1. The summed E-state index contributed by atoms with van der Waals surface area (Å²) >= 11 is 0. The minimum atomic E-state index is -0.515. The fourth-order valence-electron chi connectivity index (χ4n) is 2.26. The molecule has 0 radical (unpaired) electrons. The molecule has 0 heterocycles. The van der Waals surface area contributed by atoms with Crippen LogP contribution < -0.4 is 5.32 Å². The maximum Gasteiger partial charge on any atom is 0.131 e. The maximum absolute atomic E-state index is 13.5. The van der Waals surface area contributed by atoms with Crippen LogP contribution in [0.1, 0.15) is 37.3 Å². The van der Waals surface area contributed by atoms with E-state index in [0.717, 1.165) is 12.1 Å². The van der Waals surface area contributed by atoms with E-state index in [9.17, 15) is 8.78 Å². The second-order valence-corrected chi connectivity index (χ2v) is 5.21. The van der Waals surface area contributed by atoms with Crippen LogP contribution in [0.25, 0.3) is 0 Å². The first-order valence-corrected chi connectivity index (χ1v) is 7.46. The van der Waals surface area contributed by atoms with E-state index in [1.807, 2.05) is 12.1 Å². The van der Waals surface area contributed by atoms with Gasteiger partial charge in [-0.05, 0) is 42.7 Å². The highest BCUT2D eigenvalue weighted by atomic mass is 19.1. The first kappa shape index (κ1) is 15.5. The summed E-state index contributed by atoms with van der Waals surface area (Å²) in [5.41, 5.74) is 2.24. The molecule has 0 aliphatic carbocycles. The number of unbranched alkanes of at least 4 members (excludes halogenated alkanes) is 2. The number of rotatable bonds is 7. The molecule has 1 N–H and O–H groups in total. The molecule has 0 fully saturated rings.